The Balaban J connectivity index is 2.02. The summed E-state index contributed by atoms with van der Waals surface area (Å²) < 4.78 is 6.35. The van der Waals surface area contributed by atoms with E-state index in [1.165, 1.54) is 23.8 Å². The number of aromatic nitrogens is 1. The highest BCUT2D eigenvalue weighted by Gasteiger charge is 2.10. The van der Waals surface area contributed by atoms with E-state index in [4.69, 9.17) is 4.74 Å². The zero-order valence-corrected chi connectivity index (χ0v) is 13.4. The molecular formula is C17H17N3O4. The monoisotopic (exact) mass is 327 g/mol. The summed E-state index contributed by atoms with van der Waals surface area (Å²) in [5, 5.41) is 3.82. The quantitative estimate of drug-likeness (QED) is 0.390. The Morgan fingerprint density at radius 3 is 2.58 bits per heavy atom. The molecule has 2 rings (SSSR count). The third-order valence-electron chi connectivity index (χ3n) is 3.13. The molecule has 0 bridgehead atoms. The molecule has 7 nitrogen and oxygen atoms in total. The maximum atomic E-state index is 12.0. The topological polar surface area (TPSA) is 89.8 Å². The first-order chi connectivity index (χ1) is 11.5. The van der Waals surface area contributed by atoms with Crippen molar-refractivity contribution in [2.75, 3.05) is 0 Å². The summed E-state index contributed by atoms with van der Waals surface area (Å²) in [4.78, 5) is 34.8. The first kappa shape index (κ1) is 17.1. The van der Waals surface area contributed by atoms with Crippen molar-refractivity contribution in [1.82, 2.24) is 9.99 Å². The summed E-state index contributed by atoms with van der Waals surface area (Å²) in [5.41, 5.74) is 2.68. The van der Waals surface area contributed by atoms with Crippen molar-refractivity contribution in [2.45, 2.75) is 20.4 Å². The Morgan fingerprint density at radius 1 is 1.25 bits per heavy atom. The number of hydrazone groups is 1. The molecule has 0 aliphatic heterocycles. The van der Waals surface area contributed by atoms with Gasteiger partial charge in [-0.3, -0.25) is 14.4 Å². The van der Waals surface area contributed by atoms with Crippen LogP contribution in [0.4, 0.5) is 0 Å². The van der Waals surface area contributed by atoms with Crippen LogP contribution in [0, 0.1) is 0 Å². The zero-order valence-electron chi connectivity index (χ0n) is 13.4. The Kier molecular flexibility index (Phi) is 5.62. The molecule has 0 spiro atoms. The molecule has 0 radical (unpaired) electrons. The van der Waals surface area contributed by atoms with Gasteiger partial charge in [-0.1, -0.05) is 0 Å². The van der Waals surface area contributed by atoms with Gasteiger partial charge in [0.2, 0.25) is 0 Å². The van der Waals surface area contributed by atoms with Crippen molar-refractivity contribution >= 4 is 18.1 Å². The minimum atomic E-state index is -0.574. The molecule has 1 amide bonds. The Bertz CT molecular complexity index is 822. The number of benzene rings is 1. The molecule has 1 N–H and O–H groups in total. The van der Waals surface area contributed by atoms with Crippen LogP contribution >= 0.6 is 0 Å². The molecule has 0 saturated carbocycles. The summed E-state index contributed by atoms with van der Waals surface area (Å²) in [6, 6.07) is 9.68. The van der Waals surface area contributed by atoms with E-state index in [1.54, 1.807) is 36.5 Å². The fourth-order valence-electron chi connectivity index (χ4n) is 1.97. The van der Waals surface area contributed by atoms with Gasteiger partial charge in [0, 0.05) is 19.7 Å². The predicted molar refractivity (Wildman–Crippen MR) is 89.2 cm³/mol. The van der Waals surface area contributed by atoms with Gasteiger partial charge in [0.15, 0.2) is 0 Å². The molecule has 124 valence electrons. The fourth-order valence-corrected chi connectivity index (χ4v) is 1.97. The van der Waals surface area contributed by atoms with Gasteiger partial charge in [-0.25, -0.2) is 5.43 Å². The van der Waals surface area contributed by atoms with Crippen LogP contribution in [0.25, 0.3) is 0 Å². The molecule has 0 aliphatic rings. The molecule has 0 fully saturated rings. The Labute approximate surface area is 138 Å². The number of aryl methyl sites for hydroxylation is 1. The summed E-state index contributed by atoms with van der Waals surface area (Å²) in [6.07, 6.45) is 3.05. The molecular weight excluding hydrogens is 310 g/mol. The van der Waals surface area contributed by atoms with Crippen molar-refractivity contribution in [1.29, 1.82) is 0 Å². The van der Waals surface area contributed by atoms with Gasteiger partial charge < -0.3 is 9.30 Å². The van der Waals surface area contributed by atoms with E-state index in [2.05, 4.69) is 10.5 Å². The summed E-state index contributed by atoms with van der Waals surface area (Å²) >= 11 is 0. The maximum absolute atomic E-state index is 12.0. The van der Waals surface area contributed by atoms with Crippen LogP contribution in [0.5, 0.6) is 5.75 Å². The lowest BCUT2D eigenvalue weighted by Gasteiger charge is -2.04. The van der Waals surface area contributed by atoms with Crippen molar-refractivity contribution in [3.63, 3.8) is 0 Å². The number of carbonyl (C=O) groups excluding carboxylic acids is 2. The van der Waals surface area contributed by atoms with E-state index in [0.29, 0.717) is 17.9 Å². The predicted octanol–water partition coefficient (Wildman–Crippen LogP) is 1.56. The van der Waals surface area contributed by atoms with Gasteiger partial charge in [-0.05, 0) is 48.9 Å². The van der Waals surface area contributed by atoms with Gasteiger partial charge in [0.25, 0.3) is 11.5 Å². The van der Waals surface area contributed by atoms with E-state index in [9.17, 15) is 14.4 Å². The van der Waals surface area contributed by atoms with Crippen LogP contribution in [0.3, 0.4) is 0 Å². The van der Waals surface area contributed by atoms with Crippen LogP contribution in [-0.2, 0) is 11.3 Å². The highest BCUT2D eigenvalue weighted by Crippen LogP contribution is 2.11. The third-order valence-corrected chi connectivity index (χ3v) is 3.13. The highest BCUT2D eigenvalue weighted by atomic mass is 16.5. The molecule has 0 atom stereocenters. The minimum absolute atomic E-state index is 0.0294. The molecule has 2 aromatic rings. The van der Waals surface area contributed by atoms with E-state index in [-0.39, 0.29) is 11.1 Å². The standard InChI is InChI=1S/C17H17N3O4/c1-3-20-10-4-5-15(17(20)23)16(22)19-18-11-13-6-8-14(9-7-13)24-12(2)21/h4-11H,3H2,1-2H3,(H,19,22)/b18-11-. The Morgan fingerprint density at radius 2 is 1.96 bits per heavy atom. The van der Waals surface area contributed by atoms with Gasteiger partial charge in [-0.2, -0.15) is 5.10 Å². The average Bonchev–Trinajstić information content (AvgIpc) is 2.56. The second-order valence-electron chi connectivity index (χ2n) is 4.87. The lowest BCUT2D eigenvalue weighted by atomic mass is 10.2. The number of nitrogens with one attached hydrogen (secondary N) is 1. The number of pyridine rings is 1. The number of hydrogen-bond acceptors (Lipinski definition) is 5. The van der Waals surface area contributed by atoms with E-state index >= 15 is 0 Å². The second-order valence-corrected chi connectivity index (χ2v) is 4.87. The molecule has 24 heavy (non-hydrogen) atoms. The summed E-state index contributed by atoms with van der Waals surface area (Å²) in [6.45, 7) is 3.62. The average molecular weight is 327 g/mol. The molecule has 0 aliphatic carbocycles. The largest absolute Gasteiger partial charge is 0.427 e. The van der Waals surface area contributed by atoms with E-state index in [0.717, 1.165) is 0 Å². The lowest BCUT2D eigenvalue weighted by Crippen LogP contribution is -2.30. The zero-order chi connectivity index (χ0) is 17.5. The second kappa shape index (κ2) is 7.87. The number of nitrogens with zero attached hydrogens (tertiary/aromatic N) is 2. The number of ether oxygens (including phenoxy) is 1. The molecule has 1 aromatic heterocycles. The van der Waals surface area contributed by atoms with Crippen molar-refractivity contribution in [2.24, 2.45) is 5.10 Å². The first-order valence-electron chi connectivity index (χ1n) is 7.32. The van der Waals surface area contributed by atoms with Gasteiger partial charge >= 0.3 is 5.97 Å². The van der Waals surface area contributed by atoms with Crippen molar-refractivity contribution in [3.05, 3.63) is 64.1 Å². The Hall–Kier alpha value is -3.22. The number of amides is 1. The van der Waals surface area contributed by atoms with Crippen LogP contribution in [0.15, 0.2) is 52.5 Å². The van der Waals surface area contributed by atoms with Crippen molar-refractivity contribution in [3.8, 4) is 5.75 Å². The molecule has 0 saturated heterocycles. The van der Waals surface area contributed by atoms with E-state index in [1.807, 2.05) is 6.92 Å². The van der Waals surface area contributed by atoms with Crippen LogP contribution in [0.2, 0.25) is 0 Å². The van der Waals surface area contributed by atoms with Crippen LogP contribution < -0.4 is 15.7 Å². The number of carbonyl (C=O) groups is 2. The van der Waals surface area contributed by atoms with E-state index < -0.39 is 11.9 Å². The van der Waals surface area contributed by atoms with Gasteiger partial charge in [0.05, 0.1) is 6.21 Å². The third kappa shape index (κ3) is 4.39. The lowest BCUT2D eigenvalue weighted by molar-refractivity contribution is -0.131. The smallest absolute Gasteiger partial charge is 0.308 e. The van der Waals surface area contributed by atoms with Gasteiger partial charge in [-0.15, -0.1) is 0 Å². The van der Waals surface area contributed by atoms with Gasteiger partial charge in [0.1, 0.15) is 11.3 Å². The minimum Gasteiger partial charge on any atom is -0.427 e. The number of hydrogen-bond donors (Lipinski definition) is 1. The fraction of sp³-hybridized carbons (Fsp3) is 0.176. The van der Waals surface area contributed by atoms with Crippen LogP contribution in [0.1, 0.15) is 29.8 Å². The highest BCUT2D eigenvalue weighted by molar-refractivity contribution is 5.94. The maximum Gasteiger partial charge on any atom is 0.308 e. The first-order valence-corrected chi connectivity index (χ1v) is 7.32. The summed E-state index contributed by atoms with van der Waals surface area (Å²) in [7, 11) is 0. The van der Waals surface area contributed by atoms with Crippen LogP contribution in [-0.4, -0.2) is 22.7 Å². The number of esters is 1. The molecule has 0 unspecified atom stereocenters. The molecule has 1 heterocycles. The molecule has 1 aromatic carbocycles. The molecule has 7 heteroatoms. The normalized spacial score (nSPS) is 10.6. The number of rotatable bonds is 5. The SMILES string of the molecule is CCn1cccc(C(=O)N/N=C\c2ccc(OC(C)=O)cc2)c1=O. The summed E-state index contributed by atoms with van der Waals surface area (Å²) in [5.74, 6) is -0.548. The van der Waals surface area contributed by atoms with Crippen molar-refractivity contribution < 1.29 is 14.3 Å².